The number of nitrogens with zero attached hydrogens (tertiary/aromatic N) is 1. The van der Waals surface area contributed by atoms with Crippen LogP contribution in [0.3, 0.4) is 0 Å². The van der Waals surface area contributed by atoms with Crippen molar-refractivity contribution >= 4 is 21.8 Å². The van der Waals surface area contributed by atoms with Gasteiger partial charge in [-0.1, -0.05) is 0 Å². The Morgan fingerprint density at radius 2 is 2.20 bits per heavy atom. The van der Waals surface area contributed by atoms with Crippen LogP contribution in [0, 0.1) is 5.92 Å². The minimum absolute atomic E-state index is 0.0363. The van der Waals surface area contributed by atoms with Crippen LogP contribution in [-0.2, 0) is 4.74 Å². The van der Waals surface area contributed by atoms with Gasteiger partial charge in [-0.3, -0.25) is 4.79 Å². The summed E-state index contributed by atoms with van der Waals surface area (Å²) in [6, 6.07) is 5.39. The van der Waals surface area contributed by atoms with Crippen molar-refractivity contribution in [2.75, 3.05) is 33.9 Å². The number of hydrogen-bond acceptors (Lipinski definition) is 3. The van der Waals surface area contributed by atoms with Gasteiger partial charge in [0.25, 0.3) is 5.91 Å². The zero-order valence-corrected chi connectivity index (χ0v) is 13.5. The molecule has 0 N–H and O–H groups in total. The molecule has 1 fully saturated rings. The Balaban J connectivity index is 1.87. The van der Waals surface area contributed by atoms with E-state index in [1.165, 1.54) is 12.8 Å². The molecule has 4 nitrogen and oxygen atoms in total. The average molecular weight is 342 g/mol. The molecule has 0 atom stereocenters. The summed E-state index contributed by atoms with van der Waals surface area (Å²) in [4.78, 5) is 14.0. The highest BCUT2D eigenvalue weighted by Gasteiger charge is 2.21. The second-order valence-corrected chi connectivity index (χ2v) is 5.95. The largest absolute Gasteiger partial charge is 0.497 e. The van der Waals surface area contributed by atoms with E-state index in [0.29, 0.717) is 24.5 Å². The fraction of sp³-hybridized carbons (Fsp3) is 0.533. The van der Waals surface area contributed by atoms with Crippen molar-refractivity contribution in [2.45, 2.75) is 12.8 Å². The summed E-state index contributed by atoms with van der Waals surface area (Å²) in [5.74, 6) is 1.39. The summed E-state index contributed by atoms with van der Waals surface area (Å²) in [6.45, 7) is 2.00. The van der Waals surface area contributed by atoms with Crippen molar-refractivity contribution in [2.24, 2.45) is 5.92 Å². The van der Waals surface area contributed by atoms with E-state index in [4.69, 9.17) is 9.47 Å². The zero-order chi connectivity index (χ0) is 14.5. The number of methoxy groups -OCH3 is 1. The lowest BCUT2D eigenvalue weighted by molar-refractivity contribution is 0.0680. The maximum atomic E-state index is 12.4. The molecule has 5 heteroatoms. The van der Waals surface area contributed by atoms with Gasteiger partial charge in [-0.05, 0) is 52.9 Å². The molecule has 1 aliphatic rings. The number of rotatable bonds is 7. The summed E-state index contributed by atoms with van der Waals surface area (Å²) in [6.07, 6.45) is 2.57. The summed E-state index contributed by atoms with van der Waals surface area (Å²) >= 11 is 3.40. The third kappa shape index (κ3) is 4.21. The van der Waals surface area contributed by atoms with E-state index in [0.717, 1.165) is 17.0 Å². The van der Waals surface area contributed by atoms with Crippen LogP contribution < -0.4 is 4.74 Å². The molecule has 1 aliphatic carbocycles. The predicted octanol–water partition coefficient (Wildman–Crippen LogP) is 2.96. The molecule has 1 aromatic rings. The fourth-order valence-corrected chi connectivity index (χ4v) is 2.25. The second kappa shape index (κ2) is 7.09. The fourth-order valence-electron chi connectivity index (χ4n) is 1.84. The molecule has 0 spiro atoms. The van der Waals surface area contributed by atoms with Gasteiger partial charge in [0, 0.05) is 24.7 Å². The Morgan fingerprint density at radius 3 is 2.85 bits per heavy atom. The highest BCUT2D eigenvalue weighted by molar-refractivity contribution is 9.10. The van der Waals surface area contributed by atoms with E-state index in [9.17, 15) is 4.79 Å². The van der Waals surface area contributed by atoms with Crippen molar-refractivity contribution in [1.82, 2.24) is 4.90 Å². The number of carbonyl (C=O) groups excluding carboxylic acids is 1. The van der Waals surface area contributed by atoms with E-state index in [1.807, 2.05) is 12.1 Å². The minimum atomic E-state index is -0.0363. The minimum Gasteiger partial charge on any atom is -0.497 e. The van der Waals surface area contributed by atoms with E-state index >= 15 is 0 Å². The number of carbonyl (C=O) groups is 1. The third-order valence-corrected chi connectivity index (χ3v) is 4.06. The molecule has 20 heavy (non-hydrogen) atoms. The Labute approximate surface area is 128 Å². The smallest absolute Gasteiger partial charge is 0.254 e. The van der Waals surface area contributed by atoms with Crippen molar-refractivity contribution in [3.8, 4) is 5.75 Å². The van der Waals surface area contributed by atoms with Crippen LogP contribution in [0.15, 0.2) is 22.7 Å². The zero-order valence-electron chi connectivity index (χ0n) is 11.9. The molecular formula is C15H20BrNO3. The topological polar surface area (TPSA) is 38.8 Å². The van der Waals surface area contributed by atoms with E-state index < -0.39 is 0 Å². The molecule has 2 rings (SSSR count). The lowest BCUT2D eigenvalue weighted by Gasteiger charge is -2.18. The van der Waals surface area contributed by atoms with E-state index in [1.54, 1.807) is 25.1 Å². The summed E-state index contributed by atoms with van der Waals surface area (Å²) < 4.78 is 11.5. The second-order valence-electron chi connectivity index (χ2n) is 5.09. The lowest BCUT2D eigenvalue weighted by Crippen LogP contribution is -2.30. The molecule has 0 unspecified atom stereocenters. The first-order chi connectivity index (χ1) is 9.61. The van der Waals surface area contributed by atoms with E-state index in [-0.39, 0.29) is 5.91 Å². The summed E-state index contributed by atoms with van der Waals surface area (Å²) in [5, 5.41) is 0. The molecule has 1 aromatic carbocycles. The van der Waals surface area contributed by atoms with Gasteiger partial charge in [-0.2, -0.15) is 0 Å². The third-order valence-electron chi connectivity index (χ3n) is 3.37. The maximum absolute atomic E-state index is 12.4. The predicted molar refractivity (Wildman–Crippen MR) is 81.2 cm³/mol. The average Bonchev–Trinajstić information content (AvgIpc) is 3.27. The van der Waals surface area contributed by atoms with Gasteiger partial charge in [0.2, 0.25) is 0 Å². The van der Waals surface area contributed by atoms with Crippen LogP contribution in [0.2, 0.25) is 0 Å². The maximum Gasteiger partial charge on any atom is 0.254 e. The molecule has 1 amide bonds. The van der Waals surface area contributed by atoms with Gasteiger partial charge < -0.3 is 14.4 Å². The van der Waals surface area contributed by atoms with Crippen LogP contribution in [0.4, 0.5) is 0 Å². The molecule has 0 aromatic heterocycles. The number of ether oxygens (including phenoxy) is 2. The van der Waals surface area contributed by atoms with Crippen molar-refractivity contribution < 1.29 is 14.3 Å². The molecule has 110 valence electrons. The highest BCUT2D eigenvalue weighted by Crippen LogP contribution is 2.28. The molecule has 0 radical (unpaired) electrons. The van der Waals surface area contributed by atoms with Crippen LogP contribution >= 0.6 is 15.9 Å². The number of likely N-dealkylation sites (N-methyl/N-ethyl adjacent to an activating group) is 1. The first kappa shape index (κ1) is 15.3. The van der Waals surface area contributed by atoms with Gasteiger partial charge in [-0.15, -0.1) is 0 Å². The quantitative estimate of drug-likeness (QED) is 0.715. The standard InChI is InChI=1S/C15H20BrNO3/c1-17(7-8-20-10-11-3-4-11)15(18)13-9-12(19-2)5-6-14(13)16/h5-6,9,11H,3-4,7-8,10H2,1-2H3. The van der Waals surface area contributed by atoms with Gasteiger partial charge in [0.1, 0.15) is 5.75 Å². The van der Waals surface area contributed by atoms with Gasteiger partial charge >= 0.3 is 0 Å². The van der Waals surface area contributed by atoms with Crippen LogP contribution in [0.5, 0.6) is 5.75 Å². The molecule has 0 saturated heterocycles. The van der Waals surface area contributed by atoms with Gasteiger partial charge in [-0.25, -0.2) is 0 Å². The molecule has 1 saturated carbocycles. The summed E-state index contributed by atoms with van der Waals surface area (Å²) in [7, 11) is 3.38. The Morgan fingerprint density at radius 1 is 1.45 bits per heavy atom. The van der Waals surface area contributed by atoms with Crippen LogP contribution in [0.25, 0.3) is 0 Å². The first-order valence-corrected chi connectivity index (χ1v) is 7.58. The molecule has 0 aliphatic heterocycles. The molecular weight excluding hydrogens is 322 g/mol. The number of halogens is 1. The Bertz CT molecular complexity index is 474. The lowest BCUT2D eigenvalue weighted by atomic mass is 10.2. The van der Waals surface area contributed by atoms with Crippen molar-refractivity contribution in [3.05, 3.63) is 28.2 Å². The number of benzene rings is 1. The van der Waals surface area contributed by atoms with Gasteiger partial charge in [0.05, 0.1) is 19.3 Å². The van der Waals surface area contributed by atoms with Crippen LogP contribution in [0.1, 0.15) is 23.2 Å². The highest BCUT2D eigenvalue weighted by atomic mass is 79.9. The van der Waals surface area contributed by atoms with Crippen LogP contribution in [-0.4, -0.2) is 44.7 Å². The van der Waals surface area contributed by atoms with Crippen molar-refractivity contribution in [1.29, 1.82) is 0 Å². The molecule has 0 heterocycles. The monoisotopic (exact) mass is 341 g/mol. The molecule has 0 bridgehead atoms. The number of amides is 1. The number of hydrogen-bond donors (Lipinski definition) is 0. The Kier molecular flexibility index (Phi) is 5.43. The summed E-state index contributed by atoms with van der Waals surface area (Å²) in [5.41, 5.74) is 0.606. The Hall–Kier alpha value is -1.07. The van der Waals surface area contributed by atoms with E-state index in [2.05, 4.69) is 15.9 Å². The van der Waals surface area contributed by atoms with Gasteiger partial charge in [0.15, 0.2) is 0 Å². The first-order valence-electron chi connectivity index (χ1n) is 6.78. The normalized spacial score (nSPS) is 14.2. The SMILES string of the molecule is COc1ccc(Br)c(C(=O)N(C)CCOCC2CC2)c1. The van der Waals surface area contributed by atoms with Crippen molar-refractivity contribution in [3.63, 3.8) is 0 Å².